The Bertz CT molecular complexity index is 1040. The molecule has 1 aliphatic rings. The number of hydrogen-bond acceptors (Lipinski definition) is 6. The molecule has 0 radical (unpaired) electrons. The average Bonchev–Trinajstić information content (AvgIpc) is 2.73. The fraction of sp³-hybridized carbons (Fsp3) is 0.150. The zero-order valence-corrected chi connectivity index (χ0v) is 16.1. The maximum absolute atomic E-state index is 12.9. The number of rotatable bonds is 5. The van der Waals surface area contributed by atoms with Crippen molar-refractivity contribution in [3.63, 3.8) is 0 Å². The summed E-state index contributed by atoms with van der Waals surface area (Å²) in [6, 6.07) is 10.5. The van der Waals surface area contributed by atoms with Crippen LogP contribution in [-0.4, -0.2) is 29.9 Å². The summed E-state index contributed by atoms with van der Waals surface area (Å²) in [6.45, 7) is 1.60. The Morgan fingerprint density at radius 1 is 1.10 bits per heavy atom. The normalized spacial score (nSPS) is 15.7. The molecule has 0 saturated heterocycles. The predicted octanol–water partition coefficient (Wildman–Crippen LogP) is 2.65. The van der Waals surface area contributed by atoms with E-state index in [1.807, 2.05) is 0 Å². The first kappa shape index (κ1) is 20.5. The summed E-state index contributed by atoms with van der Waals surface area (Å²) in [6.07, 6.45) is 0. The minimum atomic E-state index is -0.761. The number of nitrogens with zero attached hydrogens (tertiary/aromatic N) is 1. The Kier molecular flexibility index (Phi) is 5.77. The van der Waals surface area contributed by atoms with E-state index in [-0.39, 0.29) is 11.3 Å². The number of allylic oxidation sites excluding steroid dienone is 1. The molecule has 0 fully saturated rings. The van der Waals surface area contributed by atoms with E-state index in [1.165, 1.54) is 43.5 Å². The topological polar surface area (TPSA) is 140 Å². The number of benzene rings is 2. The molecule has 0 aliphatic carbocycles. The van der Waals surface area contributed by atoms with Crippen molar-refractivity contribution in [2.45, 2.75) is 13.0 Å². The smallest absolute Gasteiger partial charge is 0.337 e. The second kappa shape index (κ2) is 8.43. The van der Waals surface area contributed by atoms with Gasteiger partial charge in [0.2, 0.25) is 0 Å². The number of hydrogen-bond donors (Lipinski definition) is 3. The third-order valence-electron chi connectivity index (χ3n) is 4.51. The molecular weight excluding hydrogens is 392 g/mol. The molecule has 1 aliphatic heterocycles. The van der Waals surface area contributed by atoms with Gasteiger partial charge in [-0.2, -0.15) is 0 Å². The van der Waals surface area contributed by atoms with Gasteiger partial charge in [-0.15, -0.1) is 0 Å². The lowest BCUT2D eigenvalue weighted by molar-refractivity contribution is -0.384. The van der Waals surface area contributed by atoms with Crippen molar-refractivity contribution < 1.29 is 24.0 Å². The molecule has 3 N–H and O–H groups in total. The zero-order valence-electron chi connectivity index (χ0n) is 16.1. The summed E-state index contributed by atoms with van der Waals surface area (Å²) in [5.41, 5.74) is 1.81. The molecule has 10 heteroatoms. The molecule has 0 bridgehead atoms. The highest BCUT2D eigenvalue weighted by molar-refractivity contribution is 6.06. The number of urea groups is 1. The van der Waals surface area contributed by atoms with Crippen LogP contribution in [0.5, 0.6) is 0 Å². The van der Waals surface area contributed by atoms with Gasteiger partial charge in [-0.25, -0.2) is 9.59 Å². The Morgan fingerprint density at radius 3 is 2.30 bits per heavy atom. The van der Waals surface area contributed by atoms with Crippen molar-refractivity contribution in [3.8, 4) is 0 Å². The van der Waals surface area contributed by atoms with Gasteiger partial charge in [-0.1, -0.05) is 12.1 Å². The SMILES string of the molecule is COC(=O)c1ccc([C@@H]2NC(=O)NC(C)=C2C(=O)Nc2ccc([N+](=O)[O-])cc2)cc1. The second-order valence-corrected chi connectivity index (χ2v) is 6.44. The first-order chi connectivity index (χ1) is 14.3. The second-order valence-electron chi connectivity index (χ2n) is 6.44. The number of nitro benzene ring substituents is 1. The zero-order chi connectivity index (χ0) is 21.8. The van der Waals surface area contributed by atoms with E-state index in [1.54, 1.807) is 19.1 Å². The third kappa shape index (κ3) is 4.27. The molecule has 154 valence electrons. The van der Waals surface area contributed by atoms with Gasteiger partial charge in [0.1, 0.15) is 0 Å². The Morgan fingerprint density at radius 2 is 1.73 bits per heavy atom. The largest absolute Gasteiger partial charge is 0.465 e. The first-order valence-electron chi connectivity index (χ1n) is 8.82. The van der Waals surface area contributed by atoms with Crippen LogP contribution in [0.2, 0.25) is 0 Å². The van der Waals surface area contributed by atoms with E-state index < -0.39 is 28.9 Å². The maximum atomic E-state index is 12.9. The molecule has 0 saturated carbocycles. The lowest BCUT2D eigenvalue weighted by Crippen LogP contribution is -2.45. The van der Waals surface area contributed by atoms with Crippen molar-refractivity contribution in [1.82, 2.24) is 10.6 Å². The minimum Gasteiger partial charge on any atom is -0.465 e. The number of esters is 1. The highest BCUT2D eigenvalue weighted by atomic mass is 16.6. The summed E-state index contributed by atoms with van der Waals surface area (Å²) in [5.74, 6) is -0.991. The van der Waals surface area contributed by atoms with E-state index in [9.17, 15) is 24.5 Å². The predicted molar refractivity (Wildman–Crippen MR) is 107 cm³/mol. The molecule has 0 spiro atoms. The van der Waals surface area contributed by atoms with Crippen molar-refractivity contribution >= 4 is 29.3 Å². The van der Waals surface area contributed by atoms with Crippen LogP contribution in [0, 0.1) is 10.1 Å². The Hall–Kier alpha value is -4.21. The highest BCUT2D eigenvalue weighted by Crippen LogP contribution is 2.28. The van der Waals surface area contributed by atoms with Gasteiger partial charge < -0.3 is 20.7 Å². The van der Waals surface area contributed by atoms with Gasteiger partial charge in [0.25, 0.3) is 11.6 Å². The van der Waals surface area contributed by atoms with Crippen LogP contribution in [0.3, 0.4) is 0 Å². The Labute approximate surface area is 171 Å². The van der Waals surface area contributed by atoms with Crippen molar-refractivity contribution in [2.24, 2.45) is 0 Å². The molecule has 10 nitrogen and oxygen atoms in total. The van der Waals surface area contributed by atoms with Crippen LogP contribution in [0.25, 0.3) is 0 Å². The summed E-state index contributed by atoms with van der Waals surface area (Å²) in [7, 11) is 1.27. The molecule has 2 aromatic rings. The van der Waals surface area contributed by atoms with Gasteiger partial charge in [0.05, 0.1) is 29.2 Å². The first-order valence-corrected chi connectivity index (χ1v) is 8.82. The third-order valence-corrected chi connectivity index (χ3v) is 4.51. The number of anilines is 1. The van der Waals surface area contributed by atoms with Crippen molar-refractivity contribution in [1.29, 1.82) is 0 Å². The molecule has 1 atom stereocenters. The fourth-order valence-electron chi connectivity index (χ4n) is 3.04. The highest BCUT2D eigenvalue weighted by Gasteiger charge is 2.31. The maximum Gasteiger partial charge on any atom is 0.337 e. The van der Waals surface area contributed by atoms with Gasteiger partial charge in [-0.3, -0.25) is 14.9 Å². The Balaban J connectivity index is 1.88. The number of methoxy groups -OCH3 is 1. The molecular formula is C20H18N4O6. The summed E-state index contributed by atoms with van der Waals surface area (Å²) >= 11 is 0. The summed E-state index contributed by atoms with van der Waals surface area (Å²) in [4.78, 5) is 46.8. The van der Waals surface area contributed by atoms with E-state index in [0.29, 0.717) is 22.5 Å². The molecule has 0 unspecified atom stereocenters. The van der Waals surface area contributed by atoms with Crippen LogP contribution >= 0.6 is 0 Å². The standard InChI is InChI=1S/C20H18N4O6/c1-11-16(18(25)22-14-7-9-15(10-8-14)24(28)29)17(23-20(27)21-11)12-3-5-13(6-4-12)19(26)30-2/h3-10,17H,1-2H3,(H,22,25)(H2,21,23,27)/t17-/m0/s1. The quantitative estimate of drug-likeness (QED) is 0.393. The van der Waals surface area contributed by atoms with E-state index in [2.05, 4.69) is 20.7 Å². The molecule has 0 aromatic heterocycles. The molecule has 3 amide bonds. The number of nitro groups is 1. The number of carbonyl (C=O) groups is 3. The number of non-ortho nitro benzene ring substituents is 1. The lowest BCUT2D eigenvalue weighted by atomic mass is 9.94. The average molecular weight is 410 g/mol. The summed E-state index contributed by atoms with van der Waals surface area (Å²) < 4.78 is 4.67. The number of amides is 3. The monoisotopic (exact) mass is 410 g/mol. The van der Waals surface area contributed by atoms with E-state index in [0.717, 1.165) is 0 Å². The van der Waals surface area contributed by atoms with Crippen molar-refractivity contribution in [3.05, 3.63) is 81.0 Å². The van der Waals surface area contributed by atoms with Gasteiger partial charge in [-0.05, 0) is 36.8 Å². The fourth-order valence-corrected chi connectivity index (χ4v) is 3.04. The van der Waals surface area contributed by atoms with Gasteiger partial charge in [0.15, 0.2) is 0 Å². The van der Waals surface area contributed by atoms with Crippen LogP contribution in [0.1, 0.15) is 28.9 Å². The van der Waals surface area contributed by atoms with Gasteiger partial charge >= 0.3 is 12.0 Å². The van der Waals surface area contributed by atoms with Crippen LogP contribution in [0.4, 0.5) is 16.2 Å². The minimum absolute atomic E-state index is 0.0986. The van der Waals surface area contributed by atoms with E-state index >= 15 is 0 Å². The number of nitrogens with one attached hydrogen (secondary N) is 3. The molecule has 3 rings (SSSR count). The molecule has 1 heterocycles. The van der Waals surface area contributed by atoms with Crippen molar-refractivity contribution in [2.75, 3.05) is 12.4 Å². The number of ether oxygens (including phenoxy) is 1. The van der Waals surface area contributed by atoms with Crippen LogP contribution in [-0.2, 0) is 9.53 Å². The number of carbonyl (C=O) groups excluding carboxylic acids is 3. The lowest BCUT2D eigenvalue weighted by Gasteiger charge is -2.28. The molecule has 2 aromatic carbocycles. The van der Waals surface area contributed by atoms with E-state index in [4.69, 9.17) is 0 Å². The molecule has 30 heavy (non-hydrogen) atoms. The van der Waals surface area contributed by atoms with Crippen LogP contribution < -0.4 is 16.0 Å². The van der Waals surface area contributed by atoms with Gasteiger partial charge in [0, 0.05) is 23.5 Å². The summed E-state index contributed by atoms with van der Waals surface area (Å²) in [5, 5.41) is 18.7. The van der Waals surface area contributed by atoms with Crippen LogP contribution in [0.15, 0.2) is 59.8 Å².